The Morgan fingerprint density at radius 3 is 2.73 bits per heavy atom. The Bertz CT molecular complexity index is 862. The largest absolute Gasteiger partial charge is 0.497 e. The SMILES string of the molecule is COc1ccc(OC)c(CCNC(=O)NCc2nc3ccccc3s2)c1. The second-order valence-electron chi connectivity index (χ2n) is 5.61. The number of fused-ring (bicyclic) bond motifs is 1. The van der Waals surface area contributed by atoms with Crippen LogP contribution in [0.1, 0.15) is 10.6 Å². The highest BCUT2D eigenvalue weighted by molar-refractivity contribution is 7.18. The third kappa shape index (κ3) is 4.43. The fraction of sp³-hybridized carbons (Fsp3) is 0.263. The number of nitrogens with zero attached hydrogens (tertiary/aromatic N) is 1. The van der Waals surface area contributed by atoms with Crippen LogP contribution in [0.5, 0.6) is 11.5 Å². The summed E-state index contributed by atoms with van der Waals surface area (Å²) in [4.78, 5) is 16.5. The minimum atomic E-state index is -0.217. The lowest BCUT2D eigenvalue weighted by molar-refractivity contribution is 0.240. The molecule has 0 spiro atoms. The van der Waals surface area contributed by atoms with Gasteiger partial charge in [0, 0.05) is 6.54 Å². The number of hydrogen-bond acceptors (Lipinski definition) is 5. The predicted octanol–water partition coefficient (Wildman–Crippen LogP) is 3.36. The molecule has 2 aromatic carbocycles. The molecule has 6 nitrogen and oxygen atoms in total. The van der Waals surface area contributed by atoms with Crippen LogP contribution in [0.3, 0.4) is 0 Å². The fourth-order valence-electron chi connectivity index (χ4n) is 2.60. The van der Waals surface area contributed by atoms with Crippen LogP contribution in [0, 0.1) is 0 Å². The van der Waals surface area contributed by atoms with Crippen LogP contribution in [0.25, 0.3) is 10.2 Å². The summed E-state index contributed by atoms with van der Waals surface area (Å²) in [6, 6.07) is 13.3. The number of nitrogens with one attached hydrogen (secondary N) is 2. The number of amides is 2. The average Bonchev–Trinajstić information content (AvgIpc) is 3.09. The number of para-hydroxylation sites is 1. The maximum absolute atomic E-state index is 12.0. The van der Waals surface area contributed by atoms with Crippen molar-refractivity contribution < 1.29 is 14.3 Å². The maximum atomic E-state index is 12.0. The van der Waals surface area contributed by atoms with Gasteiger partial charge in [-0.3, -0.25) is 0 Å². The van der Waals surface area contributed by atoms with Crippen LogP contribution in [0.4, 0.5) is 4.79 Å². The first kappa shape index (κ1) is 18.0. The Balaban J connectivity index is 1.48. The standard InChI is InChI=1S/C19H21N3O3S/c1-24-14-7-8-16(25-2)13(11-14)9-10-20-19(23)21-12-18-22-15-5-3-4-6-17(15)26-18/h3-8,11H,9-10,12H2,1-2H3,(H2,20,21,23). The molecule has 0 radical (unpaired) electrons. The molecule has 0 saturated carbocycles. The van der Waals surface area contributed by atoms with Crippen LogP contribution in [-0.2, 0) is 13.0 Å². The van der Waals surface area contributed by atoms with Crippen molar-refractivity contribution in [2.24, 2.45) is 0 Å². The number of benzene rings is 2. The summed E-state index contributed by atoms with van der Waals surface area (Å²) in [5, 5.41) is 6.58. The molecule has 26 heavy (non-hydrogen) atoms. The topological polar surface area (TPSA) is 72.5 Å². The van der Waals surface area contributed by atoms with E-state index in [1.54, 1.807) is 25.6 Å². The minimum absolute atomic E-state index is 0.217. The molecule has 7 heteroatoms. The van der Waals surface area contributed by atoms with E-state index in [4.69, 9.17) is 9.47 Å². The molecular formula is C19H21N3O3S. The maximum Gasteiger partial charge on any atom is 0.315 e. The van der Waals surface area contributed by atoms with E-state index in [1.165, 1.54) is 0 Å². The monoisotopic (exact) mass is 371 g/mol. The average molecular weight is 371 g/mol. The Morgan fingerprint density at radius 2 is 1.96 bits per heavy atom. The molecule has 0 saturated heterocycles. The molecule has 1 heterocycles. The van der Waals surface area contributed by atoms with Gasteiger partial charge in [0.1, 0.15) is 16.5 Å². The molecule has 0 bridgehead atoms. The van der Waals surface area contributed by atoms with E-state index in [1.807, 2.05) is 42.5 Å². The van der Waals surface area contributed by atoms with E-state index < -0.39 is 0 Å². The summed E-state index contributed by atoms with van der Waals surface area (Å²) in [5.41, 5.74) is 1.94. The van der Waals surface area contributed by atoms with E-state index in [-0.39, 0.29) is 6.03 Å². The summed E-state index contributed by atoms with van der Waals surface area (Å²) < 4.78 is 11.7. The number of rotatable bonds is 7. The zero-order valence-electron chi connectivity index (χ0n) is 14.7. The molecule has 0 aliphatic carbocycles. The summed E-state index contributed by atoms with van der Waals surface area (Å²) in [6.07, 6.45) is 0.648. The van der Waals surface area contributed by atoms with E-state index >= 15 is 0 Å². The van der Waals surface area contributed by atoms with Crippen molar-refractivity contribution in [2.45, 2.75) is 13.0 Å². The van der Waals surface area contributed by atoms with Crippen LogP contribution in [0.2, 0.25) is 0 Å². The van der Waals surface area contributed by atoms with E-state index in [2.05, 4.69) is 15.6 Å². The van der Waals surface area contributed by atoms with Gasteiger partial charge in [0.05, 0.1) is 31.0 Å². The van der Waals surface area contributed by atoms with Gasteiger partial charge in [-0.15, -0.1) is 11.3 Å². The van der Waals surface area contributed by atoms with Gasteiger partial charge in [-0.05, 0) is 42.3 Å². The summed E-state index contributed by atoms with van der Waals surface area (Å²) in [5.74, 6) is 1.54. The molecular weight excluding hydrogens is 350 g/mol. The second-order valence-corrected chi connectivity index (χ2v) is 6.73. The lowest BCUT2D eigenvalue weighted by atomic mass is 10.1. The first-order valence-corrected chi connectivity index (χ1v) is 9.08. The van der Waals surface area contributed by atoms with Gasteiger partial charge in [0.15, 0.2) is 0 Å². The molecule has 136 valence electrons. The van der Waals surface area contributed by atoms with Crippen molar-refractivity contribution in [3.63, 3.8) is 0 Å². The molecule has 3 rings (SSSR count). The van der Waals surface area contributed by atoms with Crippen LogP contribution in [-0.4, -0.2) is 31.8 Å². The van der Waals surface area contributed by atoms with Gasteiger partial charge in [0.2, 0.25) is 0 Å². The fourth-order valence-corrected chi connectivity index (χ4v) is 3.51. The van der Waals surface area contributed by atoms with Crippen LogP contribution >= 0.6 is 11.3 Å². The number of thiazole rings is 1. The number of carbonyl (C=O) groups excluding carboxylic acids is 1. The summed E-state index contributed by atoms with van der Waals surface area (Å²) >= 11 is 1.58. The van der Waals surface area contributed by atoms with E-state index in [0.717, 1.165) is 32.3 Å². The number of urea groups is 1. The van der Waals surface area contributed by atoms with Gasteiger partial charge in [-0.1, -0.05) is 12.1 Å². The zero-order chi connectivity index (χ0) is 18.4. The number of hydrogen-bond donors (Lipinski definition) is 2. The van der Waals surface area contributed by atoms with Crippen molar-refractivity contribution in [2.75, 3.05) is 20.8 Å². The van der Waals surface area contributed by atoms with Crippen molar-refractivity contribution in [3.8, 4) is 11.5 Å². The summed E-state index contributed by atoms with van der Waals surface area (Å²) in [7, 11) is 3.25. The first-order valence-electron chi connectivity index (χ1n) is 8.26. The predicted molar refractivity (Wildman–Crippen MR) is 103 cm³/mol. The normalized spacial score (nSPS) is 10.5. The van der Waals surface area contributed by atoms with Gasteiger partial charge in [0.25, 0.3) is 0 Å². The smallest absolute Gasteiger partial charge is 0.315 e. The molecule has 0 unspecified atom stereocenters. The highest BCUT2D eigenvalue weighted by Crippen LogP contribution is 2.24. The van der Waals surface area contributed by atoms with E-state index in [0.29, 0.717) is 19.5 Å². The highest BCUT2D eigenvalue weighted by atomic mass is 32.1. The third-order valence-corrected chi connectivity index (χ3v) is 4.94. The summed E-state index contributed by atoms with van der Waals surface area (Å²) in [6.45, 7) is 0.906. The third-order valence-electron chi connectivity index (χ3n) is 3.91. The Labute approximate surface area is 156 Å². The minimum Gasteiger partial charge on any atom is -0.497 e. The van der Waals surface area contributed by atoms with Gasteiger partial charge >= 0.3 is 6.03 Å². The van der Waals surface area contributed by atoms with E-state index in [9.17, 15) is 4.79 Å². The zero-order valence-corrected chi connectivity index (χ0v) is 15.6. The molecule has 0 fully saturated rings. The molecule has 3 aromatic rings. The van der Waals surface area contributed by atoms with Crippen molar-refractivity contribution in [1.29, 1.82) is 0 Å². The van der Waals surface area contributed by atoms with Gasteiger partial charge in [-0.2, -0.15) is 0 Å². The number of methoxy groups -OCH3 is 2. The lowest BCUT2D eigenvalue weighted by Crippen LogP contribution is -2.36. The van der Waals surface area contributed by atoms with Gasteiger partial charge in [-0.25, -0.2) is 9.78 Å². The number of carbonyl (C=O) groups is 1. The van der Waals surface area contributed by atoms with Crippen molar-refractivity contribution >= 4 is 27.6 Å². The van der Waals surface area contributed by atoms with Crippen molar-refractivity contribution in [3.05, 3.63) is 53.0 Å². The second kappa shape index (κ2) is 8.53. The number of ether oxygens (including phenoxy) is 2. The molecule has 1 aromatic heterocycles. The lowest BCUT2D eigenvalue weighted by Gasteiger charge is -2.11. The molecule has 0 aliphatic heterocycles. The quantitative estimate of drug-likeness (QED) is 0.668. The first-order chi connectivity index (χ1) is 12.7. The van der Waals surface area contributed by atoms with Crippen LogP contribution < -0.4 is 20.1 Å². The Kier molecular flexibility index (Phi) is 5.91. The highest BCUT2D eigenvalue weighted by Gasteiger charge is 2.08. The Hall–Kier alpha value is -2.80. The number of aromatic nitrogens is 1. The van der Waals surface area contributed by atoms with Crippen molar-refractivity contribution in [1.82, 2.24) is 15.6 Å². The molecule has 2 amide bonds. The molecule has 2 N–H and O–H groups in total. The van der Waals surface area contributed by atoms with Crippen LogP contribution in [0.15, 0.2) is 42.5 Å². The Morgan fingerprint density at radius 1 is 1.12 bits per heavy atom. The molecule has 0 atom stereocenters. The molecule has 0 aliphatic rings. The van der Waals surface area contributed by atoms with Gasteiger partial charge < -0.3 is 20.1 Å².